The second-order valence-corrected chi connectivity index (χ2v) is 8.08. The number of hydrogen-bond donors (Lipinski definition) is 1. The largest absolute Gasteiger partial charge is 0.357 e. The van der Waals surface area contributed by atoms with Crippen LogP contribution in [0.4, 0.5) is 0 Å². The molecule has 1 N–H and O–H groups in total. The summed E-state index contributed by atoms with van der Waals surface area (Å²) in [6.07, 6.45) is 4.83. The highest BCUT2D eigenvalue weighted by molar-refractivity contribution is 7.88. The molecule has 2 aliphatic rings. The number of nitrogens with one attached hydrogen (secondary N) is 1. The fourth-order valence-electron chi connectivity index (χ4n) is 3.30. The summed E-state index contributed by atoms with van der Waals surface area (Å²) in [6, 6.07) is -0.376. The standard InChI is InChI=1S/C14H25N3O4S/c1-15-13(18)12-5-3-4-8-17(12)14(19)11-6-9-16(10-7-11)22(2,20)21/h11-12H,3-10H2,1-2H3,(H,15,18)/t12-/m1/s1. The van der Waals surface area contributed by atoms with Gasteiger partial charge in [-0.15, -0.1) is 0 Å². The summed E-state index contributed by atoms with van der Waals surface area (Å²) in [7, 11) is -1.60. The zero-order chi connectivity index (χ0) is 16.3. The summed E-state index contributed by atoms with van der Waals surface area (Å²) >= 11 is 0. The zero-order valence-corrected chi connectivity index (χ0v) is 14.1. The third-order valence-corrected chi connectivity index (χ3v) is 5.91. The van der Waals surface area contributed by atoms with Crippen molar-refractivity contribution in [3.63, 3.8) is 0 Å². The first-order valence-corrected chi connectivity index (χ1v) is 9.66. The molecule has 0 radical (unpaired) electrons. The molecule has 0 aromatic heterocycles. The fourth-order valence-corrected chi connectivity index (χ4v) is 4.18. The smallest absolute Gasteiger partial charge is 0.242 e. The third-order valence-electron chi connectivity index (χ3n) is 4.61. The van der Waals surface area contributed by atoms with Gasteiger partial charge in [0.25, 0.3) is 0 Å². The Bertz CT molecular complexity index is 526. The van der Waals surface area contributed by atoms with Crippen LogP contribution in [0.3, 0.4) is 0 Å². The normalized spacial score (nSPS) is 25.0. The predicted molar refractivity (Wildman–Crippen MR) is 82.6 cm³/mol. The Balaban J connectivity index is 2.00. The van der Waals surface area contributed by atoms with Crippen LogP contribution in [-0.2, 0) is 19.6 Å². The highest BCUT2D eigenvalue weighted by Gasteiger charge is 2.37. The van der Waals surface area contributed by atoms with Gasteiger partial charge < -0.3 is 10.2 Å². The first-order valence-electron chi connectivity index (χ1n) is 7.81. The molecule has 2 rings (SSSR count). The maximum Gasteiger partial charge on any atom is 0.242 e. The van der Waals surface area contributed by atoms with Crippen LogP contribution in [0.2, 0.25) is 0 Å². The van der Waals surface area contributed by atoms with Gasteiger partial charge in [-0.25, -0.2) is 12.7 Å². The van der Waals surface area contributed by atoms with E-state index in [1.807, 2.05) is 0 Å². The van der Waals surface area contributed by atoms with Crippen molar-refractivity contribution in [1.29, 1.82) is 0 Å². The predicted octanol–water partition coefficient (Wildman–Crippen LogP) is -0.215. The molecule has 22 heavy (non-hydrogen) atoms. The zero-order valence-electron chi connectivity index (χ0n) is 13.2. The molecule has 1 atom stereocenters. The highest BCUT2D eigenvalue weighted by atomic mass is 32.2. The Kier molecular flexibility index (Phi) is 5.44. The van der Waals surface area contributed by atoms with Crippen LogP contribution in [0.1, 0.15) is 32.1 Å². The van der Waals surface area contributed by atoms with Gasteiger partial charge in [0.1, 0.15) is 6.04 Å². The highest BCUT2D eigenvalue weighted by Crippen LogP contribution is 2.25. The van der Waals surface area contributed by atoms with Crippen molar-refractivity contribution in [2.24, 2.45) is 5.92 Å². The summed E-state index contributed by atoms with van der Waals surface area (Å²) < 4.78 is 24.5. The van der Waals surface area contributed by atoms with Crippen molar-refractivity contribution in [3.8, 4) is 0 Å². The number of carbonyl (C=O) groups excluding carboxylic acids is 2. The van der Waals surface area contributed by atoms with Crippen LogP contribution in [0.15, 0.2) is 0 Å². The van der Waals surface area contributed by atoms with E-state index in [9.17, 15) is 18.0 Å². The van der Waals surface area contributed by atoms with E-state index < -0.39 is 10.0 Å². The van der Waals surface area contributed by atoms with Gasteiger partial charge in [-0.2, -0.15) is 0 Å². The van der Waals surface area contributed by atoms with Crippen LogP contribution in [0.25, 0.3) is 0 Å². The number of hydrogen-bond acceptors (Lipinski definition) is 4. The SMILES string of the molecule is CNC(=O)[C@H]1CCCCN1C(=O)C1CCN(S(C)(=O)=O)CC1. The van der Waals surface area contributed by atoms with E-state index in [2.05, 4.69) is 5.32 Å². The molecule has 7 nitrogen and oxygen atoms in total. The van der Waals surface area contributed by atoms with E-state index in [-0.39, 0.29) is 23.8 Å². The molecule has 2 heterocycles. The second-order valence-electron chi connectivity index (χ2n) is 6.09. The van der Waals surface area contributed by atoms with E-state index in [0.717, 1.165) is 12.8 Å². The molecular weight excluding hydrogens is 306 g/mol. The van der Waals surface area contributed by atoms with Gasteiger partial charge in [-0.3, -0.25) is 9.59 Å². The number of carbonyl (C=O) groups is 2. The van der Waals surface area contributed by atoms with Crippen molar-refractivity contribution in [2.45, 2.75) is 38.1 Å². The molecule has 2 aliphatic heterocycles. The lowest BCUT2D eigenvalue weighted by Gasteiger charge is -2.38. The monoisotopic (exact) mass is 331 g/mol. The fraction of sp³-hybridized carbons (Fsp3) is 0.857. The first-order chi connectivity index (χ1) is 10.3. The molecule has 0 aromatic rings. The lowest BCUT2D eigenvalue weighted by molar-refractivity contribution is -0.146. The van der Waals surface area contributed by atoms with Crippen LogP contribution in [0.5, 0.6) is 0 Å². The van der Waals surface area contributed by atoms with E-state index in [4.69, 9.17) is 0 Å². The van der Waals surface area contributed by atoms with E-state index in [1.54, 1.807) is 11.9 Å². The number of likely N-dealkylation sites (tertiary alicyclic amines) is 1. The number of rotatable bonds is 3. The topological polar surface area (TPSA) is 86.8 Å². The van der Waals surface area contributed by atoms with Gasteiger partial charge in [-0.1, -0.05) is 0 Å². The second kappa shape index (κ2) is 6.95. The van der Waals surface area contributed by atoms with Crippen LogP contribution >= 0.6 is 0 Å². The lowest BCUT2D eigenvalue weighted by Crippen LogP contribution is -2.54. The summed E-state index contributed by atoms with van der Waals surface area (Å²) in [5.41, 5.74) is 0. The molecule has 2 amide bonds. The molecule has 0 spiro atoms. The summed E-state index contributed by atoms with van der Waals surface area (Å²) in [5.74, 6) is -0.286. The van der Waals surface area contributed by atoms with E-state index >= 15 is 0 Å². The number of amides is 2. The first kappa shape index (κ1) is 17.2. The van der Waals surface area contributed by atoms with Crippen molar-refractivity contribution >= 4 is 21.8 Å². The Labute approximate surface area is 132 Å². The van der Waals surface area contributed by atoms with Crippen molar-refractivity contribution in [3.05, 3.63) is 0 Å². The van der Waals surface area contributed by atoms with Gasteiger partial charge >= 0.3 is 0 Å². The number of likely N-dealkylation sites (N-methyl/N-ethyl adjacent to an activating group) is 1. The van der Waals surface area contributed by atoms with Crippen LogP contribution in [-0.4, -0.2) is 68.4 Å². The average Bonchev–Trinajstić information content (AvgIpc) is 2.52. The minimum absolute atomic E-state index is 0.00134. The van der Waals surface area contributed by atoms with E-state index in [1.165, 1.54) is 10.6 Å². The molecule has 2 fully saturated rings. The Morgan fingerprint density at radius 3 is 2.23 bits per heavy atom. The Hall–Kier alpha value is -1.15. The number of piperidine rings is 2. The molecule has 0 unspecified atom stereocenters. The maximum atomic E-state index is 12.7. The van der Waals surface area contributed by atoms with Gasteiger partial charge in [0, 0.05) is 32.6 Å². The van der Waals surface area contributed by atoms with Gasteiger partial charge in [0.2, 0.25) is 21.8 Å². The Morgan fingerprint density at radius 1 is 1.05 bits per heavy atom. The van der Waals surface area contributed by atoms with Gasteiger partial charge in [-0.05, 0) is 32.1 Å². The van der Waals surface area contributed by atoms with Gasteiger partial charge in [0.15, 0.2) is 0 Å². The number of nitrogens with zero attached hydrogens (tertiary/aromatic N) is 2. The molecule has 2 saturated heterocycles. The molecule has 0 saturated carbocycles. The molecule has 8 heteroatoms. The van der Waals surface area contributed by atoms with Crippen molar-refractivity contribution in [2.75, 3.05) is 32.9 Å². The maximum absolute atomic E-state index is 12.7. The summed E-state index contributed by atoms with van der Waals surface area (Å²) in [5, 5.41) is 2.63. The molecular formula is C14H25N3O4S. The lowest BCUT2D eigenvalue weighted by atomic mass is 9.93. The Morgan fingerprint density at radius 2 is 1.68 bits per heavy atom. The summed E-state index contributed by atoms with van der Waals surface area (Å²) in [6.45, 7) is 1.38. The van der Waals surface area contributed by atoms with Gasteiger partial charge in [0.05, 0.1) is 6.26 Å². The van der Waals surface area contributed by atoms with Crippen molar-refractivity contribution in [1.82, 2.24) is 14.5 Å². The minimum Gasteiger partial charge on any atom is -0.357 e. The average molecular weight is 331 g/mol. The van der Waals surface area contributed by atoms with Crippen LogP contribution < -0.4 is 5.32 Å². The molecule has 126 valence electrons. The minimum atomic E-state index is -3.18. The number of sulfonamides is 1. The van der Waals surface area contributed by atoms with Crippen molar-refractivity contribution < 1.29 is 18.0 Å². The molecule has 0 aliphatic carbocycles. The molecule has 0 bridgehead atoms. The van der Waals surface area contributed by atoms with Crippen LogP contribution in [0, 0.1) is 5.92 Å². The quantitative estimate of drug-likeness (QED) is 0.775. The van der Waals surface area contributed by atoms with E-state index in [0.29, 0.717) is 38.9 Å². The summed E-state index contributed by atoms with van der Waals surface area (Å²) in [4.78, 5) is 26.4. The molecule has 0 aromatic carbocycles. The third kappa shape index (κ3) is 3.78.